The topological polar surface area (TPSA) is 87.7 Å². The van der Waals surface area contributed by atoms with E-state index in [-0.39, 0.29) is 24.3 Å². The second-order valence-corrected chi connectivity index (χ2v) is 6.62. The summed E-state index contributed by atoms with van der Waals surface area (Å²) in [6, 6.07) is 14.0. The summed E-state index contributed by atoms with van der Waals surface area (Å²) in [6.07, 6.45) is 0.511. The molecule has 2 N–H and O–H groups in total. The number of hydrogen-bond acceptors (Lipinski definition) is 5. The standard InChI is InChI=1S/C21H23N3O4/c1-22-20(26)14-7-9-17(10-8-14)23-19(25)13-24-12-16-6-4-3-5-15(16)11-18(24)21(27)28-2/h3-10,18H,11-13H2,1-2H3,(H,22,26)(H,23,25)/t18-/m1/s1. The van der Waals surface area contributed by atoms with E-state index in [4.69, 9.17) is 4.74 Å². The van der Waals surface area contributed by atoms with E-state index in [1.165, 1.54) is 7.11 Å². The van der Waals surface area contributed by atoms with E-state index in [0.717, 1.165) is 11.1 Å². The number of benzene rings is 2. The van der Waals surface area contributed by atoms with Gasteiger partial charge in [0.25, 0.3) is 5.91 Å². The quantitative estimate of drug-likeness (QED) is 0.768. The third kappa shape index (κ3) is 4.37. The van der Waals surface area contributed by atoms with Crippen LogP contribution in [0.15, 0.2) is 48.5 Å². The van der Waals surface area contributed by atoms with E-state index in [9.17, 15) is 14.4 Å². The van der Waals surface area contributed by atoms with Gasteiger partial charge in [-0.25, -0.2) is 0 Å². The number of anilines is 1. The maximum absolute atomic E-state index is 12.5. The first-order valence-electron chi connectivity index (χ1n) is 9.02. The molecule has 0 unspecified atom stereocenters. The molecule has 2 aromatic carbocycles. The third-order valence-electron chi connectivity index (χ3n) is 4.82. The molecule has 2 aromatic rings. The molecule has 0 radical (unpaired) electrons. The lowest BCUT2D eigenvalue weighted by Gasteiger charge is -2.34. The van der Waals surface area contributed by atoms with Crippen LogP contribution in [0.25, 0.3) is 0 Å². The minimum atomic E-state index is -0.499. The average molecular weight is 381 g/mol. The molecule has 0 bridgehead atoms. The van der Waals surface area contributed by atoms with Crippen molar-refractivity contribution < 1.29 is 19.1 Å². The van der Waals surface area contributed by atoms with Crippen molar-refractivity contribution in [3.63, 3.8) is 0 Å². The Balaban J connectivity index is 1.69. The minimum Gasteiger partial charge on any atom is -0.468 e. The smallest absolute Gasteiger partial charge is 0.323 e. The van der Waals surface area contributed by atoms with Crippen LogP contribution in [-0.2, 0) is 27.3 Å². The lowest BCUT2D eigenvalue weighted by Crippen LogP contribution is -2.49. The number of nitrogens with zero attached hydrogens (tertiary/aromatic N) is 1. The molecule has 7 nitrogen and oxygen atoms in total. The number of rotatable bonds is 5. The highest BCUT2D eigenvalue weighted by molar-refractivity contribution is 5.96. The summed E-state index contributed by atoms with van der Waals surface area (Å²) in [6.45, 7) is 0.560. The summed E-state index contributed by atoms with van der Waals surface area (Å²) in [5, 5.41) is 5.36. The Labute approximate surface area is 163 Å². The number of hydrogen-bond donors (Lipinski definition) is 2. The molecular weight excluding hydrogens is 358 g/mol. The fourth-order valence-corrected chi connectivity index (χ4v) is 3.35. The van der Waals surface area contributed by atoms with Gasteiger partial charge in [-0.05, 0) is 41.8 Å². The van der Waals surface area contributed by atoms with Crippen LogP contribution in [0.5, 0.6) is 0 Å². The van der Waals surface area contributed by atoms with Crippen molar-refractivity contribution in [2.45, 2.75) is 19.0 Å². The van der Waals surface area contributed by atoms with Crippen LogP contribution in [0.3, 0.4) is 0 Å². The van der Waals surface area contributed by atoms with Gasteiger partial charge in [-0.15, -0.1) is 0 Å². The van der Waals surface area contributed by atoms with Gasteiger partial charge in [0.05, 0.1) is 13.7 Å². The van der Waals surface area contributed by atoms with Gasteiger partial charge in [-0.1, -0.05) is 24.3 Å². The molecular formula is C21H23N3O4. The molecule has 0 aliphatic carbocycles. The second kappa shape index (κ2) is 8.67. The first kappa shape index (κ1) is 19.6. The highest BCUT2D eigenvalue weighted by Crippen LogP contribution is 2.24. The summed E-state index contributed by atoms with van der Waals surface area (Å²) >= 11 is 0. The number of amides is 2. The Morgan fingerprint density at radius 1 is 1.07 bits per heavy atom. The molecule has 1 heterocycles. The molecule has 3 rings (SSSR count). The Morgan fingerprint density at radius 2 is 1.75 bits per heavy atom. The largest absolute Gasteiger partial charge is 0.468 e. The zero-order chi connectivity index (χ0) is 20.1. The molecule has 1 aliphatic heterocycles. The predicted molar refractivity (Wildman–Crippen MR) is 105 cm³/mol. The van der Waals surface area contributed by atoms with E-state index in [1.807, 2.05) is 29.2 Å². The zero-order valence-electron chi connectivity index (χ0n) is 15.9. The monoisotopic (exact) mass is 381 g/mol. The van der Waals surface area contributed by atoms with E-state index in [2.05, 4.69) is 10.6 Å². The second-order valence-electron chi connectivity index (χ2n) is 6.62. The summed E-state index contributed by atoms with van der Waals surface area (Å²) in [5.74, 6) is -0.774. The lowest BCUT2D eigenvalue weighted by molar-refractivity contribution is -0.148. The molecule has 1 atom stereocenters. The molecule has 0 saturated carbocycles. The van der Waals surface area contributed by atoms with E-state index in [1.54, 1.807) is 31.3 Å². The molecule has 0 spiro atoms. The van der Waals surface area contributed by atoms with Gasteiger partial charge >= 0.3 is 5.97 Å². The van der Waals surface area contributed by atoms with E-state index >= 15 is 0 Å². The van der Waals surface area contributed by atoms with Crippen molar-refractivity contribution >= 4 is 23.5 Å². The first-order chi connectivity index (χ1) is 13.5. The Kier molecular flexibility index (Phi) is 6.06. The Morgan fingerprint density at radius 3 is 2.39 bits per heavy atom. The number of ether oxygens (including phenoxy) is 1. The van der Waals surface area contributed by atoms with Crippen molar-refractivity contribution in [3.8, 4) is 0 Å². The van der Waals surface area contributed by atoms with Crippen LogP contribution in [0.2, 0.25) is 0 Å². The first-order valence-corrected chi connectivity index (χ1v) is 9.02. The van der Waals surface area contributed by atoms with Crippen molar-refractivity contribution in [2.75, 3.05) is 26.0 Å². The fraction of sp³-hybridized carbons (Fsp3) is 0.286. The van der Waals surface area contributed by atoms with E-state index < -0.39 is 6.04 Å². The molecule has 0 fully saturated rings. The molecule has 28 heavy (non-hydrogen) atoms. The van der Waals surface area contributed by atoms with Crippen molar-refractivity contribution in [1.29, 1.82) is 0 Å². The number of methoxy groups -OCH3 is 1. The number of carbonyl (C=O) groups is 3. The van der Waals surface area contributed by atoms with Gasteiger partial charge in [0.1, 0.15) is 6.04 Å². The van der Waals surface area contributed by atoms with Crippen LogP contribution >= 0.6 is 0 Å². The molecule has 146 valence electrons. The van der Waals surface area contributed by atoms with Crippen LogP contribution in [-0.4, -0.2) is 49.4 Å². The average Bonchev–Trinajstić information content (AvgIpc) is 2.72. The molecule has 2 amide bonds. The number of nitrogens with one attached hydrogen (secondary N) is 2. The maximum atomic E-state index is 12.5. The lowest BCUT2D eigenvalue weighted by atomic mass is 9.94. The van der Waals surface area contributed by atoms with Crippen molar-refractivity contribution in [2.24, 2.45) is 0 Å². The van der Waals surface area contributed by atoms with Crippen molar-refractivity contribution in [3.05, 3.63) is 65.2 Å². The minimum absolute atomic E-state index is 0.0608. The van der Waals surface area contributed by atoms with Gasteiger partial charge < -0.3 is 15.4 Å². The Hall–Kier alpha value is -3.19. The number of fused-ring (bicyclic) bond motifs is 1. The van der Waals surface area contributed by atoms with Gasteiger partial charge in [0, 0.05) is 24.8 Å². The van der Waals surface area contributed by atoms with Crippen LogP contribution < -0.4 is 10.6 Å². The van der Waals surface area contributed by atoms with Crippen LogP contribution in [0.1, 0.15) is 21.5 Å². The van der Waals surface area contributed by atoms with E-state index in [0.29, 0.717) is 24.2 Å². The Bertz CT molecular complexity index is 879. The molecule has 0 saturated heterocycles. The fourth-order valence-electron chi connectivity index (χ4n) is 3.35. The number of esters is 1. The highest BCUT2D eigenvalue weighted by Gasteiger charge is 2.33. The van der Waals surface area contributed by atoms with Gasteiger partial charge in [0.15, 0.2) is 0 Å². The summed E-state index contributed by atoms with van der Waals surface area (Å²) in [4.78, 5) is 38.2. The maximum Gasteiger partial charge on any atom is 0.323 e. The predicted octanol–water partition coefficient (Wildman–Crippen LogP) is 1.58. The van der Waals surface area contributed by atoms with Gasteiger partial charge in [-0.3, -0.25) is 19.3 Å². The third-order valence-corrected chi connectivity index (χ3v) is 4.82. The summed E-state index contributed by atoms with van der Waals surface area (Å²) in [7, 11) is 2.92. The molecule has 1 aliphatic rings. The molecule has 0 aromatic heterocycles. The van der Waals surface area contributed by atoms with Crippen LogP contribution in [0.4, 0.5) is 5.69 Å². The summed E-state index contributed by atoms with van der Waals surface area (Å²) in [5.41, 5.74) is 3.30. The van der Waals surface area contributed by atoms with Crippen LogP contribution in [0, 0.1) is 0 Å². The SMILES string of the molecule is CNC(=O)c1ccc(NC(=O)CN2Cc3ccccc3C[C@@H]2C(=O)OC)cc1. The summed E-state index contributed by atoms with van der Waals surface area (Å²) < 4.78 is 4.93. The van der Waals surface area contributed by atoms with Gasteiger partial charge in [-0.2, -0.15) is 0 Å². The normalized spacial score (nSPS) is 16.0. The van der Waals surface area contributed by atoms with Crippen molar-refractivity contribution in [1.82, 2.24) is 10.2 Å². The number of carbonyl (C=O) groups excluding carboxylic acids is 3. The molecule has 7 heteroatoms. The highest BCUT2D eigenvalue weighted by atomic mass is 16.5. The van der Waals surface area contributed by atoms with Gasteiger partial charge in [0.2, 0.25) is 5.91 Å². The zero-order valence-corrected chi connectivity index (χ0v) is 15.9.